The molecule has 47 heavy (non-hydrogen) atoms. The van der Waals surface area contributed by atoms with Gasteiger partial charge in [0.25, 0.3) is 11.8 Å². The van der Waals surface area contributed by atoms with Crippen molar-refractivity contribution in [3.05, 3.63) is 161 Å². The minimum atomic E-state index is -1.10. The maximum absolute atomic E-state index is 13.8. The number of carbonyl (C=O) groups is 3. The number of amides is 2. The van der Waals surface area contributed by atoms with Crippen LogP contribution in [0.5, 0.6) is 0 Å². The Hall–Kier alpha value is -5.79. The van der Waals surface area contributed by atoms with Crippen LogP contribution < -0.4 is 10.6 Å². The summed E-state index contributed by atoms with van der Waals surface area (Å²) >= 11 is 5.95. The number of hydrogen-bond acceptors (Lipinski definition) is 3. The minimum Gasteiger partial charge on any atom is -0.481 e. The Morgan fingerprint density at radius 3 is 1.89 bits per heavy atom. The van der Waals surface area contributed by atoms with Crippen LogP contribution in [-0.2, 0) is 4.79 Å². The van der Waals surface area contributed by atoms with Crippen molar-refractivity contribution in [2.24, 2.45) is 0 Å². The average Bonchev–Trinajstić information content (AvgIpc) is 3.09. The summed E-state index contributed by atoms with van der Waals surface area (Å²) in [7, 11) is 0. The molecule has 0 bridgehead atoms. The number of carbonyl (C=O) groups excluding carboxylic acids is 2. The highest BCUT2D eigenvalue weighted by molar-refractivity contribution is 6.31. The third kappa shape index (κ3) is 7.21. The van der Waals surface area contributed by atoms with Crippen LogP contribution in [0.4, 0.5) is 10.1 Å². The van der Waals surface area contributed by atoms with Gasteiger partial charge in [0.1, 0.15) is 5.82 Å². The van der Waals surface area contributed by atoms with Crippen LogP contribution in [0.3, 0.4) is 0 Å². The number of rotatable bonds is 9. The smallest absolute Gasteiger partial charge is 0.305 e. The number of anilines is 1. The first kappa shape index (κ1) is 31.2. The third-order valence-corrected chi connectivity index (χ3v) is 8.17. The standard InChI is InChI=1S/C39H28ClFN2O4/c40-33-21-31(18-19-34(33)41)26-10-14-27(15-11-26)35(23-37(44)45)42-39(47)32-20-29-8-4-5-9-30(29)22-36(32)43-38(46)28-16-12-25(13-17-28)24-6-2-1-3-7-24/h1-22,35H,23H2,(H,42,47)(H,43,46)(H,44,45). The first-order valence-electron chi connectivity index (χ1n) is 14.8. The number of benzene rings is 6. The molecule has 232 valence electrons. The molecule has 6 rings (SSSR count). The molecular formula is C39H28ClFN2O4. The number of carboxylic acid groups (broad SMARTS) is 1. The molecule has 0 radical (unpaired) electrons. The molecule has 1 unspecified atom stereocenters. The van der Waals surface area contributed by atoms with E-state index in [1.54, 1.807) is 54.6 Å². The summed E-state index contributed by atoms with van der Waals surface area (Å²) in [6.45, 7) is 0. The second-order valence-electron chi connectivity index (χ2n) is 11.0. The predicted octanol–water partition coefficient (Wildman–Crippen LogP) is 9.16. The van der Waals surface area contributed by atoms with Gasteiger partial charge in [-0.05, 0) is 75.0 Å². The topological polar surface area (TPSA) is 95.5 Å². The molecule has 0 saturated carbocycles. The monoisotopic (exact) mass is 642 g/mol. The molecule has 6 nitrogen and oxygen atoms in total. The average molecular weight is 643 g/mol. The lowest BCUT2D eigenvalue weighted by Gasteiger charge is -2.20. The van der Waals surface area contributed by atoms with Gasteiger partial charge in [-0.25, -0.2) is 4.39 Å². The van der Waals surface area contributed by atoms with E-state index in [-0.39, 0.29) is 22.7 Å². The van der Waals surface area contributed by atoms with Gasteiger partial charge >= 0.3 is 5.97 Å². The highest BCUT2D eigenvalue weighted by Crippen LogP contribution is 2.29. The normalized spacial score (nSPS) is 11.5. The second kappa shape index (κ2) is 13.7. The van der Waals surface area contributed by atoms with E-state index in [1.165, 1.54) is 12.1 Å². The van der Waals surface area contributed by atoms with E-state index in [0.29, 0.717) is 16.7 Å². The molecule has 0 aliphatic heterocycles. The fraction of sp³-hybridized carbons (Fsp3) is 0.0513. The quantitative estimate of drug-likeness (QED) is 0.147. The van der Waals surface area contributed by atoms with Crippen LogP contribution in [0.1, 0.15) is 38.7 Å². The number of hydrogen-bond donors (Lipinski definition) is 3. The molecule has 0 aliphatic rings. The molecule has 0 spiro atoms. The third-order valence-electron chi connectivity index (χ3n) is 7.88. The first-order chi connectivity index (χ1) is 22.7. The van der Waals surface area contributed by atoms with Gasteiger partial charge < -0.3 is 15.7 Å². The van der Waals surface area contributed by atoms with Crippen LogP contribution in [0.2, 0.25) is 5.02 Å². The van der Waals surface area contributed by atoms with Gasteiger partial charge in [0.2, 0.25) is 0 Å². The lowest BCUT2D eigenvalue weighted by atomic mass is 9.98. The van der Waals surface area contributed by atoms with E-state index in [4.69, 9.17) is 11.6 Å². The van der Waals surface area contributed by atoms with Gasteiger partial charge in [-0.15, -0.1) is 0 Å². The Morgan fingerprint density at radius 2 is 1.23 bits per heavy atom. The summed E-state index contributed by atoms with van der Waals surface area (Å²) in [4.78, 5) is 39.1. The molecule has 0 fully saturated rings. The SMILES string of the molecule is O=C(O)CC(NC(=O)c1cc2ccccc2cc1NC(=O)c1ccc(-c2ccccc2)cc1)c1ccc(-c2ccc(F)c(Cl)c2)cc1. The maximum Gasteiger partial charge on any atom is 0.305 e. The van der Waals surface area contributed by atoms with E-state index in [0.717, 1.165) is 27.5 Å². The lowest BCUT2D eigenvalue weighted by molar-refractivity contribution is -0.137. The molecular weight excluding hydrogens is 615 g/mol. The van der Waals surface area contributed by atoms with Crippen LogP contribution in [0.25, 0.3) is 33.0 Å². The lowest BCUT2D eigenvalue weighted by Crippen LogP contribution is -2.31. The summed E-state index contributed by atoms with van der Waals surface area (Å²) in [5.41, 5.74) is 4.87. The molecule has 0 aliphatic carbocycles. The Morgan fingerprint density at radius 1 is 0.660 bits per heavy atom. The molecule has 8 heteroatoms. The summed E-state index contributed by atoms with van der Waals surface area (Å²) < 4.78 is 13.7. The van der Waals surface area contributed by atoms with E-state index in [2.05, 4.69) is 10.6 Å². The van der Waals surface area contributed by atoms with E-state index in [1.807, 2.05) is 66.7 Å². The van der Waals surface area contributed by atoms with Gasteiger partial charge in [0.05, 0.1) is 28.7 Å². The molecule has 3 N–H and O–H groups in total. The Kier molecular flexibility index (Phi) is 9.09. The predicted molar refractivity (Wildman–Crippen MR) is 183 cm³/mol. The molecule has 2 amide bonds. The van der Waals surface area contributed by atoms with Crippen LogP contribution >= 0.6 is 11.6 Å². The maximum atomic E-state index is 13.8. The van der Waals surface area contributed by atoms with Crippen LogP contribution in [-0.4, -0.2) is 22.9 Å². The first-order valence-corrected chi connectivity index (χ1v) is 15.2. The van der Waals surface area contributed by atoms with Crippen molar-refractivity contribution in [3.8, 4) is 22.3 Å². The zero-order valence-corrected chi connectivity index (χ0v) is 25.7. The summed E-state index contributed by atoms with van der Waals surface area (Å²) in [5, 5.41) is 17.0. The minimum absolute atomic E-state index is 0.00919. The van der Waals surface area contributed by atoms with E-state index < -0.39 is 29.6 Å². The highest BCUT2D eigenvalue weighted by Gasteiger charge is 2.22. The van der Waals surface area contributed by atoms with Crippen LogP contribution in [0.15, 0.2) is 133 Å². The van der Waals surface area contributed by atoms with Gasteiger partial charge in [-0.3, -0.25) is 14.4 Å². The molecule has 6 aromatic rings. The molecule has 0 saturated heterocycles. The number of fused-ring (bicyclic) bond motifs is 1. The Balaban J connectivity index is 1.27. The van der Waals surface area contributed by atoms with Gasteiger partial charge in [-0.1, -0.05) is 109 Å². The van der Waals surface area contributed by atoms with Crippen LogP contribution in [0, 0.1) is 5.82 Å². The molecule has 6 aromatic carbocycles. The Labute approximate surface area is 275 Å². The number of halogens is 2. The summed E-state index contributed by atoms with van der Waals surface area (Å²) in [6.07, 6.45) is -0.378. The van der Waals surface area contributed by atoms with Crippen molar-refractivity contribution in [1.82, 2.24) is 5.32 Å². The number of nitrogens with one attached hydrogen (secondary N) is 2. The fourth-order valence-electron chi connectivity index (χ4n) is 5.42. The number of aliphatic carboxylic acids is 1. The zero-order chi connectivity index (χ0) is 32.9. The van der Waals surface area contributed by atoms with Crippen molar-refractivity contribution in [1.29, 1.82) is 0 Å². The highest BCUT2D eigenvalue weighted by atomic mass is 35.5. The van der Waals surface area contributed by atoms with E-state index >= 15 is 0 Å². The van der Waals surface area contributed by atoms with Gasteiger partial charge in [0.15, 0.2) is 0 Å². The van der Waals surface area contributed by atoms with E-state index in [9.17, 15) is 23.9 Å². The van der Waals surface area contributed by atoms with Gasteiger partial charge in [0, 0.05) is 5.56 Å². The van der Waals surface area contributed by atoms with Crippen molar-refractivity contribution in [3.63, 3.8) is 0 Å². The zero-order valence-electron chi connectivity index (χ0n) is 24.9. The summed E-state index contributed by atoms with van der Waals surface area (Å²) in [5.74, 6) is -2.57. The largest absolute Gasteiger partial charge is 0.481 e. The van der Waals surface area contributed by atoms with Crippen molar-refractivity contribution in [2.75, 3.05) is 5.32 Å². The molecule has 1 atom stereocenters. The van der Waals surface area contributed by atoms with Gasteiger partial charge in [-0.2, -0.15) is 0 Å². The number of carboxylic acids is 1. The van der Waals surface area contributed by atoms with Crippen molar-refractivity contribution < 1.29 is 23.9 Å². The fourth-order valence-corrected chi connectivity index (χ4v) is 5.60. The van der Waals surface area contributed by atoms with Crippen molar-refractivity contribution in [2.45, 2.75) is 12.5 Å². The Bertz CT molecular complexity index is 2100. The molecule has 0 heterocycles. The summed E-state index contributed by atoms with van der Waals surface area (Å²) in [6, 6.07) is 38.3. The second-order valence-corrected chi connectivity index (χ2v) is 11.4. The van der Waals surface area contributed by atoms with Crippen molar-refractivity contribution >= 4 is 45.8 Å². The molecule has 0 aromatic heterocycles.